The van der Waals surface area contributed by atoms with Crippen molar-refractivity contribution in [3.05, 3.63) is 116 Å². The molecular formula is C34H26O4. The highest BCUT2D eigenvalue weighted by atomic mass is 16.3. The Morgan fingerprint density at radius 1 is 0.474 bits per heavy atom. The number of aliphatic hydroxyl groups is 2. The molecule has 0 aliphatic heterocycles. The molecule has 0 saturated heterocycles. The summed E-state index contributed by atoms with van der Waals surface area (Å²) < 4.78 is 0. The molecule has 0 heterocycles. The molecule has 4 atom stereocenters. The first kappa shape index (κ1) is 21.1. The second kappa shape index (κ2) is 6.96. The molecule has 0 saturated carbocycles. The first-order valence-electron chi connectivity index (χ1n) is 13.5. The van der Waals surface area contributed by atoms with Gasteiger partial charge < -0.3 is 20.4 Å². The van der Waals surface area contributed by atoms with E-state index in [1.54, 1.807) is 0 Å². The lowest BCUT2D eigenvalue weighted by molar-refractivity contribution is 0.282. The molecule has 4 heteroatoms. The molecular weight excluding hydrogens is 472 g/mol. The van der Waals surface area contributed by atoms with Crippen LogP contribution in [0.3, 0.4) is 0 Å². The van der Waals surface area contributed by atoms with Crippen molar-refractivity contribution < 1.29 is 20.4 Å². The van der Waals surface area contributed by atoms with Crippen molar-refractivity contribution in [2.75, 3.05) is 0 Å². The molecule has 4 aliphatic rings. The summed E-state index contributed by atoms with van der Waals surface area (Å²) in [6.07, 6.45) is 1.77. The van der Waals surface area contributed by atoms with E-state index < -0.39 is 0 Å². The quantitative estimate of drug-likeness (QED) is 0.214. The second-order valence-electron chi connectivity index (χ2n) is 11.7. The van der Waals surface area contributed by atoms with E-state index in [0.29, 0.717) is 11.5 Å². The van der Waals surface area contributed by atoms with Crippen LogP contribution in [0.5, 0.6) is 11.5 Å². The van der Waals surface area contributed by atoms with E-state index in [4.69, 9.17) is 0 Å². The fraction of sp³-hybridized carbons (Fsp3) is 0.235. The van der Waals surface area contributed by atoms with Gasteiger partial charge in [-0.1, -0.05) is 48.5 Å². The van der Waals surface area contributed by atoms with Crippen molar-refractivity contribution in [2.45, 2.75) is 49.7 Å². The molecule has 4 nitrogen and oxygen atoms in total. The Kier molecular flexibility index (Phi) is 3.87. The SMILES string of the molecule is OCc1ccc2cc3c(cc2c1)[C@H]1C[C@@H]3c2c(O)c3c(c(O)c21)[C@H]1C[C@@H]3c2cc3ccc(CO)cc3cc21. The van der Waals surface area contributed by atoms with Crippen LogP contribution in [-0.4, -0.2) is 20.4 Å². The van der Waals surface area contributed by atoms with Crippen molar-refractivity contribution in [2.24, 2.45) is 0 Å². The number of aromatic hydroxyl groups is 2. The molecule has 4 aliphatic carbocycles. The van der Waals surface area contributed by atoms with Gasteiger partial charge in [-0.15, -0.1) is 0 Å². The van der Waals surface area contributed by atoms with Crippen molar-refractivity contribution in [3.63, 3.8) is 0 Å². The van der Waals surface area contributed by atoms with Crippen LogP contribution < -0.4 is 0 Å². The number of hydrogen-bond acceptors (Lipinski definition) is 4. The zero-order chi connectivity index (χ0) is 25.4. The largest absolute Gasteiger partial charge is 0.507 e. The molecule has 0 fully saturated rings. The summed E-state index contributed by atoms with van der Waals surface area (Å²) in [6, 6.07) is 21.1. The predicted octanol–water partition coefficient (Wildman–Crippen LogP) is 6.35. The molecule has 186 valence electrons. The number of phenolic OH excluding ortho intramolecular Hbond substituents is 2. The van der Waals surface area contributed by atoms with Crippen LogP contribution in [-0.2, 0) is 13.2 Å². The average Bonchev–Trinajstić information content (AvgIpc) is 3.71. The first-order valence-corrected chi connectivity index (χ1v) is 13.5. The standard InChI is InChI=1S/C34H26O4/c35-13-15-1-3-17-7-21-23(9-19(17)5-15)27-11-25(21)29-31(27)34(38)32-28-12-26(30(32)33(29)37)22-8-18-4-2-16(14-36)6-20(18)10-24(22)28/h1-10,25-28,35-38H,11-14H2/t25-,26+,27+,28-. The highest BCUT2D eigenvalue weighted by Gasteiger charge is 2.52. The summed E-state index contributed by atoms with van der Waals surface area (Å²) in [6.45, 7) is 0.0344. The molecule has 0 amide bonds. The summed E-state index contributed by atoms with van der Waals surface area (Å²) in [5.74, 6) is 1.12. The number of phenols is 2. The van der Waals surface area contributed by atoms with Crippen molar-refractivity contribution >= 4 is 21.5 Å². The van der Waals surface area contributed by atoms with Gasteiger partial charge in [0, 0.05) is 45.9 Å². The van der Waals surface area contributed by atoms with Gasteiger partial charge in [0.25, 0.3) is 0 Å². The summed E-state index contributed by atoms with van der Waals surface area (Å²) in [7, 11) is 0. The van der Waals surface area contributed by atoms with Gasteiger partial charge in [0.2, 0.25) is 0 Å². The van der Waals surface area contributed by atoms with Crippen LogP contribution in [0.2, 0.25) is 0 Å². The molecule has 0 spiro atoms. The molecule has 5 aromatic rings. The zero-order valence-corrected chi connectivity index (χ0v) is 20.7. The van der Waals surface area contributed by atoms with E-state index in [1.807, 2.05) is 24.3 Å². The molecule has 4 N–H and O–H groups in total. The van der Waals surface area contributed by atoms with Crippen LogP contribution in [0.15, 0.2) is 60.7 Å². The third kappa shape index (κ3) is 2.39. The van der Waals surface area contributed by atoms with E-state index in [-0.39, 0.29) is 36.9 Å². The second-order valence-corrected chi connectivity index (χ2v) is 11.7. The molecule has 9 rings (SSSR count). The minimum absolute atomic E-state index is 0.0172. The minimum atomic E-state index is 0.0172. The van der Waals surface area contributed by atoms with Crippen molar-refractivity contribution in [3.8, 4) is 11.5 Å². The smallest absolute Gasteiger partial charge is 0.124 e. The Morgan fingerprint density at radius 2 is 0.816 bits per heavy atom. The Morgan fingerprint density at radius 3 is 1.16 bits per heavy atom. The van der Waals surface area contributed by atoms with Gasteiger partial charge >= 0.3 is 0 Å². The fourth-order valence-corrected chi connectivity index (χ4v) is 8.45. The van der Waals surface area contributed by atoms with E-state index in [9.17, 15) is 20.4 Å². The van der Waals surface area contributed by atoms with Crippen LogP contribution in [0.4, 0.5) is 0 Å². The molecule has 5 aromatic carbocycles. The lowest BCUT2D eigenvalue weighted by Gasteiger charge is -2.29. The van der Waals surface area contributed by atoms with Crippen LogP contribution >= 0.6 is 0 Å². The average molecular weight is 499 g/mol. The third-order valence-corrected chi connectivity index (χ3v) is 10.0. The van der Waals surface area contributed by atoms with E-state index in [2.05, 4.69) is 36.4 Å². The van der Waals surface area contributed by atoms with Crippen LogP contribution in [0.1, 0.15) is 92.1 Å². The van der Waals surface area contributed by atoms with Crippen LogP contribution in [0.25, 0.3) is 21.5 Å². The Labute approximate surface area is 219 Å². The number of benzene rings is 5. The lowest BCUT2D eigenvalue weighted by Crippen LogP contribution is -2.11. The molecule has 4 bridgehead atoms. The molecule has 38 heavy (non-hydrogen) atoms. The Hall–Kier alpha value is -3.86. The number of fused-ring (bicyclic) bond motifs is 18. The van der Waals surface area contributed by atoms with Gasteiger partial charge in [-0.2, -0.15) is 0 Å². The summed E-state index contributed by atoms with van der Waals surface area (Å²) in [4.78, 5) is 0. The van der Waals surface area contributed by atoms with Gasteiger partial charge in [-0.25, -0.2) is 0 Å². The van der Waals surface area contributed by atoms with Gasteiger partial charge in [-0.3, -0.25) is 0 Å². The van der Waals surface area contributed by atoms with E-state index in [0.717, 1.165) is 67.8 Å². The maximum absolute atomic E-state index is 11.9. The normalized spacial score (nSPS) is 23.2. The summed E-state index contributed by atoms with van der Waals surface area (Å²) >= 11 is 0. The van der Waals surface area contributed by atoms with E-state index in [1.165, 1.54) is 22.3 Å². The number of aliphatic hydroxyl groups excluding tert-OH is 2. The van der Waals surface area contributed by atoms with Crippen molar-refractivity contribution in [1.82, 2.24) is 0 Å². The maximum atomic E-state index is 11.9. The van der Waals surface area contributed by atoms with Gasteiger partial charge in [-0.05, 0) is 79.9 Å². The highest BCUT2D eigenvalue weighted by molar-refractivity contribution is 5.89. The van der Waals surface area contributed by atoms with Gasteiger partial charge in [0.05, 0.1) is 13.2 Å². The number of rotatable bonds is 2. The Balaban J connectivity index is 1.23. The minimum Gasteiger partial charge on any atom is -0.507 e. The predicted molar refractivity (Wildman–Crippen MR) is 146 cm³/mol. The fourth-order valence-electron chi connectivity index (χ4n) is 8.45. The maximum Gasteiger partial charge on any atom is 0.124 e. The molecule has 0 aromatic heterocycles. The van der Waals surface area contributed by atoms with Gasteiger partial charge in [0.15, 0.2) is 0 Å². The summed E-state index contributed by atoms with van der Waals surface area (Å²) in [5, 5.41) is 47.4. The zero-order valence-electron chi connectivity index (χ0n) is 20.7. The highest BCUT2D eigenvalue weighted by Crippen LogP contribution is 2.69. The molecule has 0 radical (unpaired) electrons. The van der Waals surface area contributed by atoms with E-state index >= 15 is 0 Å². The topological polar surface area (TPSA) is 80.9 Å². The monoisotopic (exact) mass is 498 g/mol. The molecule has 0 unspecified atom stereocenters. The number of hydrogen-bond donors (Lipinski definition) is 4. The van der Waals surface area contributed by atoms with Gasteiger partial charge in [0.1, 0.15) is 11.5 Å². The van der Waals surface area contributed by atoms with Crippen molar-refractivity contribution in [1.29, 1.82) is 0 Å². The Bertz CT molecular complexity index is 1770. The lowest BCUT2D eigenvalue weighted by atomic mass is 9.77. The van der Waals surface area contributed by atoms with Crippen LogP contribution in [0, 0.1) is 0 Å². The summed E-state index contributed by atoms with van der Waals surface area (Å²) in [5.41, 5.74) is 10.5. The third-order valence-electron chi connectivity index (χ3n) is 10.0. The first-order chi connectivity index (χ1) is 18.6.